The fourth-order valence-corrected chi connectivity index (χ4v) is 1.21. The topological polar surface area (TPSA) is 59.0 Å². The summed E-state index contributed by atoms with van der Waals surface area (Å²) in [7, 11) is 1.88. The molecule has 0 spiro atoms. The van der Waals surface area contributed by atoms with Crippen LogP contribution in [-0.4, -0.2) is 28.8 Å². The molecule has 2 N–H and O–H groups in total. The van der Waals surface area contributed by atoms with E-state index < -0.39 is 0 Å². The predicted octanol–water partition coefficient (Wildman–Crippen LogP) is 0.277. The molecular formula is C9H16N4O. The van der Waals surface area contributed by atoms with Crippen molar-refractivity contribution in [3.63, 3.8) is 0 Å². The molecule has 0 aliphatic heterocycles. The molecule has 0 unspecified atom stereocenters. The van der Waals surface area contributed by atoms with Crippen molar-refractivity contribution in [3.8, 4) is 0 Å². The van der Waals surface area contributed by atoms with Crippen molar-refractivity contribution in [1.82, 2.24) is 15.1 Å². The van der Waals surface area contributed by atoms with Gasteiger partial charge >= 0.3 is 0 Å². The minimum atomic E-state index is -0.00490. The molecule has 0 saturated carbocycles. The van der Waals surface area contributed by atoms with Crippen molar-refractivity contribution in [1.29, 1.82) is 0 Å². The van der Waals surface area contributed by atoms with Crippen molar-refractivity contribution < 1.29 is 4.79 Å². The van der Waals surface area contributed by atoms with Crippen LogP contribution in [0, 0.1) is 6.92 Å². The number of carbonyl (C=O) groups is 1. The zero-order chi connectivity index (χ0) is 10.6. The molecule has 1 heterocycles. The first-order valence-electron chi connectivity index (χ1n) is 4.58. The molecule has 0 atom stereocenters. The van der Waals surface area contributed by atoms with E-state index in [0.717, 1.165) is 11.4 Å². The molecule has 0 fully saturated rings. The highest BCUT2D eigenvalue weighted by molar-refractivity contribution is 5.72. The van der Waals surface area contributed by atoms with Crippen LogP contribution in [0.15, 0.2) is 6.20 Å². The molecule has 5 nitrogen and oxygen atoms in total. The van der Waals surface area contributed by atoms with Crippen LogP contribution in [0.2, 0.25) is 0 Å². The highest BCUT2D eigenvalue weighted by Crippen LogP contribution is 2.09. The van der Waals surface area contributed by atoms with Gasteiger partial charge in [-0.1, -0.05) is 0 Å². The second kappa shape index (κ2) is 4.64. The summed E-state index contributed by atoms with van der Waals surface area (Å²) in [6.45, 7) is 4.80. The third-order valence-corrected chi connectivity index (χ3v) is 1.83. The summed E-state index contributed by atoms with van der Waals surface area (Å²) in [4.78, 5) is 10.6. The lowest BCUT2D eigenvalue weighted by molar-refractivity contribution is -0.118. The van der Waals surface area contributed by atoms with E-state index in [9.17, 15) is 4.79 Å². The van der Waals surface area contributed by atoms with Gasteiger partial charge in [-0.2, -0.15) is 5.10 Å². The van der Waals surface area contributed by atoms with Crippen LogP contribution in [0.4, 0.5) is 5.69 Å². The summed E-state index contributed by atoms with van der Waals surface area (Å²) >= 11 is 0. The van der Waals surface area contributed by atoms with Gasteiger partial charge in [0.05, 0.1) is 11.4 Å². The van der Waals surface area contributed by atoms with Crippen LogP contribution in [0.3, 0.4) is 0 Å². The Morgan fingerprint density at radius 3 is 2.79 bits per heavy atom. The zero-order valence-electron chi connectivity index (χ0n) is 8.79. The highest BCUT2D eigenvalue weighted by atomic mass is 16.1. The van der Waals surface area contributed by atoms with Gasteiger partial charge < -0.3 is 10.6 Å². The monoisotopic (exact) mass is 196 g/mol. The molecule has 1 rings (SSSR count). The fourth-order valence-electron chi connectivity index (χ4n) is 1.21. The summed E-state index contributed by atoms with van der Waals surface area (Å²) < 4.78 is 1.76. The van der Waals surface area contributed by atoms with Gasteiger partial charge in [0.1, 0.15) is 0 Å². The number of amides is 1. The van der Waals surface area contributed by atoms with Crippen molar-refractivity contribution in [2.45, 2.75) is 13.8 Å². The van der Waals surface area contributed by atoms with E-state index >= 15 is 0 Å². The molecular weight excluding hydrogens is 180 g/mol. The Morgan fingerprint density at radius 2 is 2.29 bits per heavy atom. The Morgan fingerprint density at radius 1 is 1.57 bits per heavy atom. The van der Waals surface area contributed by atoms with Crippen molar-refractivity contribution in [2.75, 3.05) is 18.4 Å². The molecule has 0 saturated heterocycles. The van der Waals surface area contributed by atoms with Crippen molar-refractivity contribution in [3.05, 3.63) is 11.9 Å². The van der Waals surface area contributed by atoms with Crippen LogP contribution in [-0.2, 0) is 11.8 Å². The summed E-state index contributed by atoms with van der Waals surface area (Å²) in [5.74, 6) is -0.00490. The van der Waals surface area contributed by atoms with Gasteiger partial charge in [-0.15, -0.1) is 0 Å². The maximum atomic E-state index is 10.6. The molecule has 1 aromatic heterocycles. The van der Waals surface area contributed by atoms with E-state index in [1.54, 1.807) is 4.68 Å². The lowest BCUT2D eigenvalue weighted by Crippen LogP contribution is -2.26. The van der Waals surface area contributed by atoms with Gasteiger partial charge in [0.25, 0.3) is 0 Å². The molecule has 0 aromatic carbocycles. The van der Waals surface area contributed by atoms with Crippen LogP contribution < -0.4 is 10.6 Å². The van der Waals surface area contributed by atoms with Gasteiger partial charge in [0.15, 0.2) is 0 Å². The molecule has 1 aromatic rings. The number of anilines is 1. The van der Waals surface area contributed by atoms with E-state index in [0.29, 0.717) is 13.1 Å². The Labute approximate surface area is 83.5 Å². The fraction of sp³-hybridized carbons (Fsp3) is 0.556. The lowest BCUT2D eigenvalue weighted by atomic mass is 10.4. The SMILES string of the molecule is CC(=O)NCCNc1cn(C)nc1C. The second-order valence-corrected chi connectivity index (χ2v) is 3.21. The lowest BCUT2D eigenvalue weighted by Gasteiger charge is -2.04. The molecule has 1 amide bonds. The number of carbonyl (C=O) groups excluding carboxylic acids is 1. The van der Waals surface area contributed by atoms with Gasteiger partial charge in [-0.3, -0.25) is 9.48 Å². The number of nitrogens with one attached hydrogen (secondary N) is 2. The third-order valence-electron chi connectivity index (χ3n) is 1.83. The van der Waals surface area contributed by atoms with E-state index in [4.69, 9.17) is 0 Å². The van der Waals surface area contributed by atoms with Crippen LogP contribution >= 0.6 is 0 Å². The molecule has 78 valence electrons. The molecule has 0 bridgehead atoms. The first kappa shape index (κ1) is 10.6. The van der Waals surface area contributed by atoms with Crippen molar-refractivity contribution >= 4 is 11.6 Å². The number of nitrogens with zero attached hydrogens (tertiary/aromatic N) is 2. The average molecular weight is 196 g/mol. The molecule has 14 heavy (non-hydrogen) atoms. The zero-order valence-corrected chi connectivity index (χ0v) is 8.79. The Balaban J connectivity index is 2.31. The number of aromatic nitrogens is 2. The third kappa shape index (κ3) is 3.08. The van der Waals surface area contributed by atoms with E-state index in [1.807, 2.05) is 20.2 Å². The van der Waals surface area contributed by atoms with Gasteiger partial charge in [-0.05, 0) is 6.92 Å². The maximum Gasteiger partial charge on any atom is 0.216 e. The summed E-state index contributed by atoms with van der Waals surface area (Å²) in [6, 6.07) is 0. The molecule has 5 heteroatoms. The molecule has 0 aliphatic carbocycles. The summed E-state index contributed by atoms with van der Waals surface area (Å²) in [6.07, 6.45) is 1.92. The first-order chi connectivity index (χ1) is 6.59. The summed E-state index contributed by atoms with van der Waals surface area (Å²) in [5.41, 5.74) is 1.98. The normalized spacial score (nSPS) is 9.93. The second-order valence-electron chi connectivity index (χ2n) is 3.21. The van der Waals surface area contributed by atoms with E-state index in [2.05, 4.69) is 15.7 Å². The summed E-state index contributed by atoms with van der Waals surface area (Å²) in [5, 5.41) is 10.1. The standard InChI is InChI=1S/C9H16N4O/c1-7-9(6-13(3)12-7)11-5-4-10-8(2)14/h6,11H,4-5H2,1-3H3,(H,10,14). The Kier molecular flexibility index (Phi) is 3.50. The molecule has 0 aliphatic rings. The number of aryl methyl sites for hydroxylation is 2. The largest absolute Gasteiger partial charge is 0.381 e. The average Bonchev–Trinajstić information content (AvgIpc) is 2.39. The smallest absolute Gasteiger partial charge is 0.216 e. The Hall–Kier alpha value is -1.52. The van der Waals surface area contributed by atoms with Gasteiger partial charge in [0.2, 0.25) is 5.91 Å². The van der Waals surface area contributed by atoms with E-state index in [-0.39, 0.29) is 5.91 Å². The Bertz CT molecular complexity index is 319. The number of hydrogen-bond acceptors (Lipinski definition) is 3. The van der Waals surface area contributed by atoms with Gasteiger partial charge in [0, 0.05) is 33.3 Å². The molecule has 0 radical (unpaired) electrons. The quantitative estimate of drug-likeness (QED) is 0.680. The van der Waals surface area contributed by atoms with E-state index in [1.165, 1.54) is 6.92 Å². The number of hydrogen-bond donors (Lipinski definition) is 2. The van der Waals surface area contributed by atoms with Crippen molar-refractivity contribution in [2.24, 2.45) is 7.05 Å². The first-order valence-corrected chi connectivity index (χ1v) is 4.58. The highest BCUT2D eigenvalue weighted by Gasteiger charge is 2.00. The van der Waals surface area contributed by atoms with Crippen LogP contribution in [0.1, 0.15) is 12.6 Å². The maximum absolute atomic E-state index is 10.6. The van der Waals surface area contributed by atoms with Crippen LogP contribution in [0.5, 0.6) is 0 Å². The van der Waals surface area contributed by atoms with Gasteiger partial charge in [-0.25, -0.2) is 0 Å². The predicted molar refractivity (Wildman–Crippen MR) is 55.1 cm³/mol. The minimum absolute atomic E-state index is 0.00490. The van der Waals surface area contributed by atoms with Crippen LogP contribution in [0.25, 0.3) is 0 Å². The minimum Gasteiger partial charge on any atom is -0.381 e. The number of rotatable bonds is 4.